The minimum absolute atomic E-state index is 0. The first-order chi connectivity index (χ1) is 5.40. The van der Waals surface area contributed by atoms with E-state index in [1.807, 2.05) is 7.05 Å². The number of fused-ring (bicyclic) bond motifs is 1. The van der Waals surface area contributed by atoms with E-state index >= 15 is 0 Å². The Bertz CT molecular complexity index is 341. The zero-order chi connectivity index (χ0) is 7.68. The van der Waals surface area contributed by atoms with Gasteiger partial charge < -0.3 is 5.32 Å². The van der Waals surface area contributed by atoms with Gasteiger partial charge in [0.1, 0.15) is 16.7 Å². The number of hydrogen-bond donors (Lipinski definition) is 1. The lowest BCUT2D eigenvalue weighted by Crippen LogP contribution is -1.84. The fourth-order valence-electron chi connectivity index (χ4n) is 0.797. The van der Waals surface area contributed by atoms with Gasteiger partial charge >= 0.3 is 0 Å². The monoisotopic (exact) mass is 202 g/mol. The smallest absolute Gasteiger partial charge is 0.185 e. The predicted molar refractivity (Wildman–Crippen MR) is 52.0 cm³/mol. The van der Waals surface area contributed by atoms with Crippen LogP contribution in [-0.2, 0) is 0 Å². The fourth-order valence-corrected chi connectivity index (χ4v) is 1.53. The summed E-state index contributed by atoms with van der Waals surface area (Å²) in [5.74, 6) is 0. The maximum Gasteiger partial charge on any atom is 0.185 e. The third-order valence-electron chi connectivity index (χ3n) is 1.29. The number of hydrogen-bond acceptors (Lipinski definition) is 5. The fraction of sp³-hybridized carbons (Fsp3) is 0.167. The van der Waals surface area contributed by atoms with Crippen LogP contribution in [0, 0.1) is 0 Å². The van der Waals surface area contributed by atoms with Gasteiger partial charge in [-0.25, -0.2) is 15.0 Å². The Morgan fingerprint density at radius 2 is 2.33 bits per heavy atom. The summed E-state index contributed by atoms with van der Waals surface area (Å²) in [6.45, 7) is 0. The number of nitrogens with one attached hydrogen (secondary N) is 1. The largest absolute Gasteiger partial charge is 0.365 e. The van der Waals surface area contributed by atoms with E-state index < -0.39 is 0 Å². The third kappa shape index (κ3) is 1.46. The molecule has 2 aromatic heterocycles. The van der Waals surface area contributed by atoms with E-state index in [-0.39, 0.29) is 12.4 Å². The topological polar surface area (TPSA) is 50.7 Å². The Hall–Kier alpha value is -0.940. The normalized spacial score (nSPS) is 9.42. The molecule has 0 amide bonds. The van der Waals surface area contributed by atoms with Gasteiger partial charge in [-0.3, -0.25) is 0 Å². The number of thiazole rings is 1. The SMILES string of the molecule is CNc1nc2cncnc2s1.Cl. The molecule has 0 radical (unpaired) electrons. The van der Waals surface area contributed by atoms with E-state index in [4.69, 9.17) is 0 Å². The summed E-state index contributed by atoms with van der Waals surface area (Å²) >= 11 is 1.52. The summed E-state index contributed by atoms with van der Waals surface area (Å²) in [7, 11) is 1.84. The van der Waals surface area contributed by atoms with Crippen LogP contribution in [-0.4, -0.2) is 22.0 Å². The standard InChI is InChI=1S/C6H6N4S.ClH/c1-7-6-10-4-2-8-3-9-5(4)11-6;/h2-3H,1H3,(H,7,10);1H. The second-order valence-corrected chi connectivity index (χ2v) is 2.96. The van der Waals surface area contributed by atoms with E-state index in [1.165, 1.54) is 17.7 Å². The highest BCUT2D eigenvalue weighted by Crippen LogP contribution is 2.21. The molecular weight excluding hydrogens is 196 g/mol. The zero-order valence-electron chi connectivity index (χ0n) is 6.31. The predicted octanol–water partition coefficient (Wildman–Crippen LogP) is 1.55. The number of halogens is 1. The molecule has 64 valence electrons. The van der Waals surface area contributed by atoms with Gasteiger partial charge in [-0.2, -0.15) is 0 Å². The molecule has 0 aliphatic carbocycles. The van der Waals surface area contributed by atoms with Crippen LogP contribution in [0.2, 0.25) is 0 Å². The second kappa shape index (κ2) is 3.64. The average molecular weight is 203 g/mol. The van der Waals surface area contributed by atoms with Crippen LogP contribution in [0.5, 0.6) is 0 Å². The molecule has 0 aliphatic rings. The van der Waals surface area contributed by atoms with E-state index in [1.54, 1.807) is 6.20 Å². The molecular formula is C6H7ClN4S. The van der Waals surface area contributed by atoms with Crippen LogP contribution in [0.1, 0.15) is 0 Å². The Morgan fingerprint density at radius 1 is 1.50 bits per heavy atom. The number of rotatable bonds is 1. The van der Waals surface area contributed by atoms with Gasteiger partial charge in [0.25, 0.3) is 0 Å². The van der Waals surface area contributed by atoms with Crippen molar-refractivity contribution in [3.8, 4) is 0 Å². The summed E-state index contributed by atoms with van der Waals surface area (Å²) in [5, 5.41) is 3.83. The van der Waals surface area contributed by atoms with Crippen LogP contribution in [0.4, 0.5) is 5.13 Å². The van der Waals surface area contributed by atoms with Gasteiger partial charge in [-0.15, -0.1) is 12.4 Å². The van der Waals surface area contributed by atoms with Gasteiger partial charge in [0.2, 0.25) is 0 Å². The van der Waals surface area contributed by atoms with E-state index in [9.17, 15) is 0 Å². The molecule has 4 nitrogen and oxygen atoms in total. The molecule has 0 spiro atoms. The average Bonchev–Trinajstić information content (AvgIpc) is 2.46. The summed E-state index contributed by atoms with van der Waals surface area (Å²) in [6.07, 6.45) is 3.24. The van der Waals surface area contributed by atoms with Crippen molar-refractivity contribution in [3.05, 3.63) is 12.5 Å². The second-order valence-electron chi connectivity index (χ2n) is 1.98. The molecule has 2 aromatic rings. The molecule has 0 fully saturated rings. The van der Waals surface area contributed by atoms with E-state index in [0.717, 1.165) is 15.5 Å². The van der Waals surface area contributed by atoms with Crippen molar-refractivity contribution >= 4 is 39.2 Å². The molecule has 12 heavy (non-hydrogen) atoms. The Labute approximate surface area is 79.5 Å². The lowest BCUT2D eigenvalue weighted by molar-refractivity contribution is 1.22. The molecule has 0 saturated heterocycles. The number of nitrogens with zero attached hydrogens (tertiary/aromatic N) is 3. The maximum absolute atomic E-state index is 4.21. The molecule has 0 atom stereocenters. The van der Waals surface area contributed by atoms with Crippen molar-refractivity contribution in [2.75, 3.05) is 12.4 Å². The molecule has 0 aliphatic heterocycles. The number of anilines is 1. The first-order valence-corrected chi connectivity index (χ1v) is 3.96. The van der Waals surface area contributed by atoms with Crippen molar-refractivity contribution < 1.29 is 0 Å². The number of aromatic nitrogens is 3. The maximum atomic E-state index is 4.21. The summed E-state index contributed by atoms with van der Waals surface area (Å²) in [5.41, 5.74) is 0.849. The third-order valence-corrected chi connectivity index (χ3v) is 2.28. The molecule has 1 N–H and O–H groups in total. The zero-order valence-corrected chi connectivity index (χ0v) is 7.95. The summed E-state index contributed by atoms with van der Waals surface area (Å²) < 4.78 is 0. The van der Waals surface area contributed by atoms with Crippen molar-refractivity contribution in [2.24, 2.45) is 0 Å². The first kappa shape index (κ1) is 9.15. The van der Waals surface area contributed by atoms with Crippen molar-refractivity contribution in [1.29, 1.82) is 0 Å². The van der Waals surface area contributed by atoms with Gasteiger partial charge in [-0.1, -0.05) is 11.3 Å². The van der Waals surface area contributed by atoms with Gasteiger partial charge in [0, 0.05) is 7.05 Å². The lowest BCUT2D eigenvalue weighted by atomic mass is 10.6. The van der Waals surface area contributed by atoms with Crippen molar-refractivity contribution in [2.45, 2.75) is 0 Å². The molecule has 0 unspecified atom stereocenters. The molecule has 2 rings (SSSR count). The Balaban J connectivity index is 0.000000720. The van der Waals surface area contributed by atoms with E-state index in [0.29, 0.717) is 0 Å². The van der Waals surface area contributed by atoms with Gasteiger partial charge in [-0.05, 0) is 0 Å². The Morgan fingerprint density at radius 3 is 3.00 bits per heavy atom. The van der Waals surface area contributed by atoms with Crippen LogP contribution in [0.3, 0.4) is 0 Å². The molecule has 6 heteroatoms. The molecule has 0 bridgehead atoms. The van der Waals surface area contributed by atoms with Crippen molar-refractivity contribution in [3.63, 3.8) is 0 Å². The Kier molecular flexibility index (Phi) is 2.78. The summed E-state index contributed by atoms with van der Waals surface area (Å²) in [6, 6.07) is 0. The van der Waals surface area contributed by atoms with Crippen LogP contribution in [0.25, 0.3) is 10.3 Å². The molecule has 2 heterocycles. The molecule has 0 aromatic carbocycles. The summed E-state index contributed by atoms with van der Waals surface area (Å²) in [4.78, 5) is 13.1. The highest BCUT2D eigenvalue weighted by atomic mass is 35.5. The van der Waals surface area contributed by atoms with Gasteiger partial charge in [0.15, 0.2) is 5.13 Å². The lowest BCUT2D eigenvalue weighted by Gasteiger charge is -1.84. The van der Waals surface area contributed by atoms with Crippen LogP contribution < -0.4 is 5.32 Å². The quantitative estimate of drug-likeness (QED) is 0.763. The van der Waals surface area contributed by atoms with Crippen LogP contribution in [0.15, 0.2) is 12.5 Å². The first-order valence-electron chi connectivity index (χ1n) is 3.14. The van der Waals surface area contributed by atoms with Crippen LogP contribution >= 0.6 is 23.7 Å². The van der Waals surface area contributed by atoms with E-state index in [2.05, 4.69) is 20.3 Å². The molecule has 0 saturated carbocycles. The van der Waals surface area contributed by atoms with Gasteiger partial charge in [0.05, 0.1) is 6.20 Å². The van der Waals surface area contributed by atoms with Crippen molar-refractivity contribution in [1.82, 2.24) is 15.0 Å². The highest BCUT2D eigenvalue weighted by molar-refractivity contribution is 7.21. The minimum atomic E-state index is 0. The minimum Gasteiger partial charge on any atom is -0.365 e. The highest BCUT2D eigenvalue weighted by Gasteiger charge is 2.00.